The Morgan fingerprint density at radius 2 is 1.65 bits per heavy atom. The molecule has 31 heavy (non-hydrogen) atoms. The predicted octanol–water partition coefficient (Wildman–Crippen LogP) is 4.45. The summed E-state index contributed by atoms with van der Waals surface area (Å²) in [6.45, 7) is 4.94. The van der Waals surface area contributed by atoms with Crippen LogP contribution in [0, 0.1) is 0 Å². The van der Waals surface area contributed by atoms with E-state index < -0.39 is 11.6 Å². The number of carboxylic acid groups (broad SMARTS) is 1. The van der Waals surface area contributed by atoms with Crippen molar-refractivity contribution in [3.05, 3.63) is 71.8 Å². The van der Waals surface area contributed by atoms with Crippen LogP contribution in [0.5, 0.6) is 11.5 Å². The first-order chi connectivity index (χ1) is 14.7. The number of rotatable bonds is 8. The zero-order valence-electron chi connectivity index (χ0n) is 18.1. The summed E-state index contributed by atoms with van der Waals surface area (Å²) in [6.07, 6.45) is 0.615. The molecule has 3 rings (SSSR count). The molecule has 1 atom stereocenters. The van der Waals surface area contributed by atoms with Crippen molar-refractivity contribution in [2.75, 3.05) is 7.11 Å². The van der Waals surface area contributed by atoms with E-state index >= 15 is 0 Å². The number of carbonyl (C=O) groups excluding carboxylic acids is 1. The molecule has 6 heteroatoms. The van der Waals surface area contributed by atoms with Crippen molar-refractivity contribution in [2.45, 2.75) is 38.8 Å². The summed E-state index contributed by atoms with van der Waals surface area (Å²) >= 11 is 0. The van der Waals surface area contributed by atoms with Crippen LogP contribution in [0.1, 0.15) is 36.7 Å². The minimum Gasteiger partial charge on any atom is -0.496 e. The van der Waals surface area contributed by atoms with Crippen molar-refractivity contribution in [1.82, 2.24) is 5.32 Å². The van der Waals surface area contributed by atoms with Crippen LogP contribution in [0.15, 0.2) is 60.7 Å². The van der Waals surface area contributed by atoms with E-state index in [2.05, 4.69) is 5.32 Å². The van der Waals surface area contributed by atoms with Gasteiger partial charge >= 0.3 is 5.97 Å². The molecule has 0 fully saturated rings. The van der Waals surface area contributed by atoms with E-state index in [9.17, 15) is 14.7 Å². The van der Waals surface area contributed by atoms with Gasteiger partial charge in [-0.3, -0.25) is 4.79 Å². The van der Waals surface area contributed by atoms with Crippen LogP contribution < -0.4 is 14.8 Å². The Balaban J connectivity index is 1.67. The molecule has 0 aliphatic rings. The number of amides is 1. The maximum Gasteiger partial charge on any atom is 0.347 e. The van der Waals surface area contributed by atoms with Gasteiger partial charge in [-0.05, 0) is 67.8 Å². The average molecular weight is 421 g/mol. The quantitative estimate of drug-likeness (QED) is 0.561. The van der Waals surface area contributed by atoms with E-state index in [1.165, 1.54) is 13.8 Å². The number of methoxy groups -OCH3 is 1. The summed E-state index contributed by atoms with van der Waals surface area (Å²) in [5, 5.41) is 14.2. The molecule has 0 radical (unpaired) electrons. The molecule has 0 saturated heterocycles. The number of ether oxygens (including phenoxy) is 2. The van der Waals surface area contributed by atoms with Gasteiger partial charge in [0.05, 0.1) is 12.7 Å². The highest BCUT2D eigenvalue weighted by molar-refractivity contribution is 6.01. The lowest BCUT2D eigenvalue weighted by atomic mass is 10.0. The number of carbonyl (C=O) groups is 2. The standard InChI is InChI=1S/C25H27NO5/c1-16(13-17-9-11-20(12-10-17)31-25(2,3)24(28)29)26-23(27)21-14-18-7-5-6-8-19(18)15-22(21)30-4/h5-12,14-16H,13H2,1-4H3,(H,26,27)(H,28,29). The number of hydrogen-bond donors (Lipinski definition) is 2. The third kappa shape index (κ3) is 5.34. The van der Waals surface area contributed by atoms with Gasteiger partial charge in [0.25, 0.3) is 5.91 Å². The van der Waals surface area contributed by atoms with Crippen molar-refractivity contribution in [3.63, 3.8) is 0 Å². The van der Waals surface area contributed by atoms with Gasteiger partial charge in [-0.25, -0.2) is 4.79 Å². The normalized spacial score (nSPS) is 12.3. The van der Waals surface area contributed by atoms with Gasteiger partial charge in [0, 0.05) is 6.04 Å². The molecule has 162 valence electrons. The summed E-state index contributed by atoms with van der Waals surface area (Å²) in [7, 11) is 1.56. The molecule has 0 aliphatic heterocycles. The number of nitrogens with one attached hydrogen (secondary N) is 1. The molecule has 6 nitrogen and oxygen atoms in total. The highest BCUT2D eigenvalue weighted by Crippen LogP contribution is 2.26. The zero-order chi connectivity index (χ0) is 22.6. The van der Waals surface area contributed by atoms with Gasteiger partial charge in [0.2, 0.25) is 0 Å². The second kappa shape index (κ2) is 9.08. The van der Waals surface area contributed by atoms with Crippen LogP contribution in [0.2, 0.25) is 0 Å². The Labute approximate surface area is 181 Å². The Hall–Kier alpha value is -3.54. The third-order valence-electron chi connectivity index (χ3n) is 5.04. The largest absolute Gasteiger partial charge is 0.496 e. The van der Waals surface area contributed by atoms with Crippen molar-refractivity contribution in [3.8, 4) is 11.5 Å². The smallest absolute Gasteiger partial charge is 0.347 e. The molecule has 3 aromatic rings. The molecule has 0 bridgehead atoms. The van der Waals surface area contributed by atoms with E-state index in [0.717, 1.165) is 16.3 Å². The highest BCUT2D eigenvalue weighted by Gasteiger charge is 2.29. The molecule has 3 aromatic carbocycles. The van der Waals surface area contributed by atoms with Crippen LogP contribution >= 0.6 is 0 Å². The summed E-state index contributed by atoms with van der Waals surface area (Å²) in [4.78, 5) is 24.1. The summed E-state index contributed by atoms with van der Waals surface area (Å²) in [5.41, 5.74) is 0.188. The third-order valence-corrected chi connectivity index (χ3v) is 5.04. The second-order valence-corrected chi connectivity index (χ2v) is 8.04. The number of aliphatic carboxylic acids is 1. The van der Waals surface area contributed by atoms with Crippen LogP contribution in [0.3, 0.4) is 0 Å². The Morgan fingerprint density at radius 1 is 1.03 bits per heavy atom. The van der Waals surface area contributed by atoms with Gasteiger partial charge in [-0.1, -0.05) is 36.4 Å². The van der Waals surface area contributed by atoms with Crippen molar-refractivity contribution >= 4 is 22.6 Å². The minimum absolute atomic E-state index is 0.120. The fourth-order valence-corrected chi connectivity index (χ4v) is 3.30. The maximum absolute atomic E-state index is 12.9. The van der Waals surface area contributed by atoms with Gasteiger partial charge in [0.15, 0.2) is 5.60 Å². The van der Waals surface area contributed by atoms with E-state index in [1.54, 1.807) is 19.2 Å². The minimum atomic E-state index is -1.30. The Bertz CT molecular complexity index is 1090. The summed E-state index contributed by atoms with van der Waals surface area (Å²) in [5.74, 6) is -0.213. The van der Waals surface area contributed by atoms with Crippen molar-refractivity contribution < 1.29 is 24.2 Å². The fourth-order valence-electron chi connectivity index (χ4n) is 3.30. The molecule has 1 unspecified atom stereocenters. The Morgan fingerprint density at radius 3 is 2.23 bits per heavy atom. The van der Waals surface area contributed by atoms with Gasteiger partial charge in [0.1, 0.15) is 11.5 Å². The number of benzene rings is 3. The monoisotopic (exact) mass is 421 g/mol. The van der Waals surface area contributed by atoms with Crippen LogP contribution in [-0.2, 0) is 11.2 Å². The van der Waals surface area contributed by atoms with E-state index in [-0.39, 0.29) is 11.9 Å². The van der Waals surface area contributed by atoms with E-state index in [1.807, 2.05) is 55.5 Å². The molecular weight excluding hydrogens is 394 g/mol. The van der Waals surface area contributed by atoms with Gasteiger partial charge < -0.3 is 19.9 Å². The number of fused-ring (bicyclic) bond motifs is 1. The SMILES string of the molecule is COc1cc2ccccc2cc1C(=O)NC(C)Cc1ccc(OC(C)(C)C(=O)O)cc1. The van der Waals surface area contributed by atoms with Crippen molar-refractivity contribution in [1.29, 1.82) is 0 Å². The van der Waals surface area contributed by atoms with Crippen LogP contribution in [0.25, 0.3) is 10.8 Å². The van der Waals surface area contributed by atoms with Crippen molar-refractivity contribution in [2.24, 2.45) is 0 Å². The van der Waals surface area contributed by atoms with Gasteiger partial charge in [-0.2, -0.15) is 0 Å². The predicted molar refractivity (Wildman–Crippen MR) is 120 cm³/mol. The van der Waals surface area contributed by atoms with Gasteiger partial charge in [-0.15, -0.1) is 0 Å². The lowest BCUT2D eigenvalue weighted by Gasteiger charge is -2.21. The summed E-state index contributed by atoms with van der Waals surface area (Å²) in [6, 6.07) is 18.6. The fraction of sp³-hybridized carbons (Fsp3) is 0.280. The number of hydrogen-bond acceptors (Lipinski definition) is 4. The molecule has 2 N–H and O–H groups in total. The first-order valence-corrected chi connectivity index (χ1v) is 10.1. The molecule has 0 spiro atoms. The zero-order valence-corrected chi connectivity index (χ0v) is 18.1. The molecule has 0 aliphatic carbocycles. The van der Waals surface area contributed by atoms with Crippen LogP contribution in [0.4, 0.5) is 0 Å². The van der Waals surface area contributed by atoms with E-state index in [4.69, 9.17) is 9.47 Å². The molecular formula is C25H27NO5. The van der Waals surface area contributed by atoms with E-state index in [0.29, 0.717) is 23.5 Å². The molecule has 0 heterocycles. The lowest BCUT2D eigenvalue weighted by molar-refractivity contribution is -0.152. The lowest BCUT2D eigenvalue weighted by Crippen LogP contribution is -2.37. The average Bonchev–Trinajstić information content (AvgIpc) is 2.73. The molecule has 0 aromatic heterocycles. The van der Waals surface area contributed by atoms with Crippen LogP contribution in [-0.4, -0.2) is 35.7 Å². The second-order valence-electron chi connectivity index (χ2n) is 8.04. The summed E-state index contributed by atoms with van der Waals surface area (Å²) < 4.78 is 11.0. The topological polar surface area (TPSA) is 84.9 Å². The highest BCUT2D eigenvalue weighted by atomic mass is 16.5. The Kier molecular flexibility index (Phi) is 6.49. The molecule has 1 amide bonds. The molecule has 0 saturated carbocycles. The first-order valence-electron chi connectivity index (χ1n) is 10.1. The maximum atomic E-state index is 12.9. The number of carboxylic acids is 1. The first kappa shape index (κ1) is 22.2.